The summed E-state index contributed by atoms with van der Waals surface area (Å²) in [5, 5.41) is 2.94. The van der Waals surface area contributed by atoms with Crippen LogP contribution >= 0.6 is 0 Å². The van der Waals surface area contributed by atoms with E-state index < -0.39 is 12.0 Å². The summed E-state index contributed by atoms with van der Waals surface area (Å²) in [6.07, 6.45) is 0.724. The average molecular weight is 581 g/mol. The number of hydrogen-bond acceptors (Lipinski definition) is 9. The van der Waals surface area contributed by atoms with Gasteiger partial charge in [0, 0.05) is 56.6 Å². The standard InChI is InChI=1S/C30H36N4O8/c1-5-40-29(36)26-22(32(2)30(37)31-27(26)21-16-20(38-3)8-10-23(21)39-4)17-33-11-6-12-34(14-13-33)28(35)19-7-9-24-25(15-19)42-18-41-24/h7-10,15-16,27H,5-6,11-14,17-18H2,1-4H3,(H,31,37)/t27-/m0/s1. The molecule has 1 atom stereocenters. The van der Waals surface area contributed by atoms with E-state index in [9.17, 15) is 14.4 Å². The highest BCUT2D eigenvalue weighted by Crippen LogP contribution is 2.38. The molecule has 3 amide bonds. The van der Waals surface area contributed by atoms with Crippen molar-refractivity contribution >= 4 is 17.9 Å². The van der Waals surface area contributed by atoms with Gasteiger partial charge >= 0.3 is 12.0 Å². The van der Waals surface area contributed by atoms with Crippen molar-refractivity contribution in [3.8, 4) is 23.0 Å². The Morgan fingerprint density at radius 1 is 1.00 bits per heavy atom. The fraction of sp³-hybridized carbons (Fsp3) is 0.433. The van der Waals surface area contributed by atoms with Crippen LogP contribution in [0.5, 0.6) is 23.0 Å². The second-order valence-electron chi connectivity index (χ2n) is 10.1. The van der Waals surface area contributed by atoms with Gasteiger partial charge in [0.2, 0.25) is 6.79 Å². The fourth-order valence-corrected chi connectivity index (χ4v) is 5.45. The van der Waals surface area contributed by atoms with E-state index in [0.717, 1.165) is 6.42 Å². The molecule has 0 radical (unpaired) electrons. The number of hydrogen-bond donors (Lipinski definition) is 1. The number of carbonyl (C=O) groups is 3. The molecule has 12 heteroatoms. The normalized spacial score (nSPS) is 18.9. The van der Waals surface area contributed by atoms with Crippen LogP contribution in [0.25, 0.3) is 0 Å². The molecule has 3 aliphatic heterocycles. The largest absolute Gasteiger partial charge is 0.497 e. The first-order valence-corrected chi connectivity index (χ1v) is 13.9. The Morgan fingerprint density at radius 3 is 2.57 bits per heavy atom. The van der Waals surface area contributed by atoms with E-state index in [1.54, 1.807) is 57.5 Å². The van der Waals surface area contributed by atoms with Crippen LogP contribution in [0.2, 0.25) is 0 Å². The van der Waals surface area contributed by atoms with E-state index in [-0.39, 0.29) is 25.3 Å². The summed E-state index contributed by atoms with van der Waals surface area (Å²) < 4.78 is 27.3. The molecule has 2 aromatic rings. The average Bonchev–Trinajstić information content (AvgIpc) is 3.35. The van der Waals surface area contributed by atoms with E-state index >= 15 is 0 Å². The molecule has 0 aliphatic carbocycles. The predicted octanol–water partition coefficient (Wildman–Crippen LogP) is 2.79. The molecule has 0 saturated carbocycles. The summed E-state index contributed by atoms with van der Waals surface area (Å²) in [5.74, 6) is 1.65. The highest BCUT2D eigenvalue weighted by atomic mass is 16.7. The zero-order valence-corrected chi connectivity index (χ0v) is 24.3. The Morgan fingerprint density at radius 2 is 1.81 bits per heavy atom. The minimum Gasteiger partial charge on any atom is -0.497 e. The van der Waals surface area contributed by atoms with Crippen molar-refractivity contribution in [3.05, 3.63) is 58.8 Å². The molecule has 0 aromatic heterocycles. The van der Waals surface area contributed by atoms with Crippen molar-refractivity contribution in [2.45, 2.75) is 19.4 Å². The van der Waals surface area contributed by atoms with Crippen LogP contribution < -0.4 is 24.3 Å². The molecule has 0 unspecified atom stereocenters. The lowest BCUT2D eigenvalue weighted by atomic mass is 9.93. The van der Waals surface area contributed by atoms with Crippen LogP contribution in [0.3, 0.4) is 0 Å². The second-order valence-corrected chi connectivity index (χ2v) is 10.1. The topological polar surface area (TPSA) is 119 Å². The van der Waals surface area contributed by atoms with Gasteiger partial charge in [-0.2, -0.15) is 0 Å². The molecule has 1 fully saturated rings. The quantitative estimate of drug-likeness (QED) is 0.470. The number of ether oxygens (including phenoxy) is 5. The molecule has 1 saturated heterocycles. The van der Waals surface area contributed by atoms with Crippen molar-refractivity contribution < 1.29 is 38.1 Å². The number of likely N-dealkylation sites (N-methyl/N-ethyl adjacent to an activating group) is 1. The van der Waals surface area contributed by atoms with E-state index in [2.05, 4.69) is 10.2 Å². The number of nitrogens with one attached hydrogen (secondary N) is 1. The number of fused-ring (bicyclic) bond motifs is 1. The van der Waals surface area contributed by atoms with Gasteiger partial charge in [-0.05, 0) is 49.7 Å². The molecule has 1 N–H and O–H groups in total. The highest BCUT2D eigenvalue weighted by Gasteiger charge is 2.39. The third-order valence-electron chi connectivity index (χ3n) is 7.69. The van der Waals surface area contributed by atoms with Crippen molar-refractivity contribution in [3.63, 3.8) is 0 Å². The lowest BCUT2D eigenvalue weighted by Gasteiger charge is -2.37. The van der Waals surface area contributed by atoms with Gasteiger partial charge in [0.25, 0.3) is 5.91 Å². The van der Waals surface area contributed by atoms with Gasteiger partial charge in [0.1, 0.15) is 11.5 Å². The molecule has 12 nitrogen and oxygen atoms in total. The molecular weight excluding hydrogens is 544 g/mol. The van der Waals surface area contributed by atoms with Crippen molar-refractivity contribution in [1.82, 2.24) is 20.0 Å². The van der Waals surface area contributed by atoms with Crippen LogP contribution in [-0.4, -0.2) is 100.0 Å². The summed E-state index contributed by atoms with van der Waals surface area (Å²) in [6.45, 7) is 4.67. The Labute approximate surface area is 244 Å². The zero-order chi connectivity index (χ0) is 29.8. The van der Waals surface area contributed by atoms with Crippen molar-refractivity contribution in [2.24, 2.45) is 0 Å². The number of urea groups is 1. The number of esters is 1. The number of rotatable bonds is 8. The third-order valence-corrected chi connectivity index (χ3v) is 7.69. The molecule has 5 rings (SSSR count). The predicted molar refractivity (Wildman–Crippen MR) is 152 cm³/mol. The molecule has 0 spiro atoms. The minimum atomic E-state index is -0.816. The maximum atomic E-state index is 13.5. The first-order valence-electron chi connectivity index (χ1n) is 13.9. The van der Waals surface area contributed by atoms with Gasteiger partial charge in [-0.15, -0.1) is 0 Å². The van der Waals surface area contributed by atoms with Crippen molar-refractivity contribution in [2.75, 3.05) is 67.4 Å². The van der Waals surface area contributed by atoms with Gasteiger partial charge in [-0.3, -0.25) is 14.6 Å². The molecule has 0 bridgehead atoms. The SMILES string of the molecule is CCOC(=O)C1=C(CN2CCCN(C(=O)c3ccc4c(c3)OCO4)CC2)N(C)C(=O)N[C@H]1c1cc(OC)ccc1OC. The van der Waals surface area contributed by atoms with E-state index in [1.807, 2.05) is 4.90 Å². The maximum Gasteiger partial charge on any atom is 0.338 e. The third kappa shape index (κ3) is 5.80. The van der Waals surface area contributed by atoms with Gasteiger partial charge in [-0.25, -0.2) is 9.59 Å². The lowest BCUT2D eigenvalue weighted by molar-refractivity contribution is -0.139. The molecule has 3 aliphatic rings. The lowest BCUT2D eigenvalue weighted by Crippen LogP contribution is -2.49. The fourth-order valence-electron chi connectivity index (χ4n) is 5.45. The monoisotopic (exact) mass is 580 g/mol. The minimum absolute atomic E-state index is 0.0825. The van der Waals surface area contributed by atoms with Crippen LogP contribution in [0.15, 0.2) is 47.7 Å². The number of amides is 3. The van der Waals surface area contributed by atoms with E-state index in [0.29, 0.717) is 78.1 Å². The summed E-state index contributed by atoms with van der Waals surface area (Å²) >= 11 is 0. The van der Waals surface area contributed by atoms with Gasteiger partial charge in [0.15, 0.2) is 11.5 Å². The number of carbonyl (C=O) groups excluding carboxylic acids is 3. The van der Waals surface area contributed by atoms with Crippen LogP contribution in [0.1, 0.15) is 35.3 Å². The zero-order valence-electron chi connectivity index (χ0n) is 24.3. The Bertz CT molecular complexity index is 1390. The summed E-state index contributed by atoms with van der Waals surface area (Å²) in [7, 11) is 4.72. The Kier molecular flexibility index (Phi) is 8.72. The molecular formula is C30H36N4O8. The smallest absolute Gasteiger partial charge is 0.338 e. The summed E-state index contributed by atoms with van der Waals surface area (Å²) in [4.78, 5) is 45.4. The summed E-state index contributed by atoms with van der Waals surface area (Å²) in [6, 6.07) is 9.28. The maximum absolute atomic E-state index is 13.5. The van der Waals surface area contributed by atoms with Crippen LogP contribution in [-0.2, 0) is 9.53 Å². The van der Waals surface area contributed by atoms with Crippen LogP contribution in [0.4, 0.5) is 4.79 Å². The second kappa shape index (κ2) is 12.6. The first-order chi connectivity index (χ1) is 20.3. The van der Waals surface area contributed by atoms with E-state index in [1.165, 1.54) is 12.0 Å². The first kappa shape index (κ1) is 29.1. The molecule has 2 aromatic carbocycles. The van der Waals surface area contributed by atoms with Gasteiger partial charge in [0.05, 0.1) is 32.4 Å². The Hall–Kier alpha value is -4.45. The number of nitrogens with zero attached hydrogens (tertiary/aromatic N) is 3. The van der Waals surface area contributed by atoms with Gasteiger partial charge < -0.3 is 33.9 Å². The van der Waals surface area contributed by atoms with Crippen LogP contribution in [0, 0.1) is 0 Å². The Balaban J connectivity index is 1.41. The van der Waals surface area contributed by atoms with E-state index in [4.69, 9.17) is 23.7 Å². The molecule has 224 valence electrons. The molecule has 3 heterocycles. The number of methoxy groups -OCH3 is 2. The number of benzene rings is 2. The highest BCUT2D eigenvalue weighted by molar-refractivity contribution is 5.96. The molecule has 42 heavy (non-hydrogen) atoms. The van der Waals surface area contributed by atoms with Gasteiger partial charge in [-0.1, -0.05) is 0 Å². The summed E-state index contributed by atoms with van der Waals surface area (Å²) in [5.41, 5.74) is 1.97. The van der Waals surface area contributed by atoms with Crippen molar-refractivity contribution in [1.29, 1.82) is 0 Å².